The van der Waals surface area contributed by atoms with Crippen LogP contribution in [-0.4, -0.2) is 26.3 Å². The van der Waals surface area contributed by atoms with Crippen molar-refractivity contribution in [1.82, 2.24) is 0 Å². The van der Waals surface area contributed by atoms with Gasteiger partial charge in [-0.2, -0.15) is 0 Å². The van der Waals surface area contributed by atoms with Gasteiger partial charge in [0.05, 0.1) is 6.54 Å². The molecule has 1 aliphatic heterocycles. The van der Waals surface area contributed by atoms with Crippen molar-refractivity contribution in [2.24, 2.45) is 4.99 Å². The Bertz CT molecular complexity index is 494. The number of hydrogen-bond donors (Lipinski definition) is 1. The van der Waals surface area contributed by atoms with E-state index in [4.69, 9.17) is 4.74 Å². The van der Waals surface area contributed by atoms with Crippen LogP contribution in [0.5, 0.6) is 5.75 Å². The highest BCUT2D eigenvalue weighted by Crippen LogP contribution is 2.29. The number of anilines is 1. The number of aryl methyl sites for hydroxylation is 2. The molecule has 0 saturated carbocycles. The Hall–Kier alpha value is -1.05. The Morgan fingerprint density at radius 3 is 2.61 bits per heavy atom. The molecule has 0 aliphatic carbocycles. The van der Waals surface area contributed by atoms with Gasteiger partial charge in [-0.25, -0.2) is 4.99 Å². The zero-order valence-electron chi connectivity index (χ0n) is 10.1. The second-order valence-corrected chi connectivity index (χ2v) is 5.59. The lowest BCUT2D eigenvalue weighted by atomic mass is 10.1. The van der Waals surface area contributed by atoms with E-state index in [1.165, 1.54) is 0 Å². The van der Waals surface area contributed by atoms with Crippen molar-refractivity contribution >= 4 is 33.9 Å². The van der Waals surface area contributed by atoms with Crippen LogP contribution in [0.4, 0.5) is 5.69 Å². The standard InChI is InChI=1S/C11H14N2O3S2/c1-7-5-9(13-18(14)15)6-8(2)10(7)16-11-12-3-4-17-11/h5-6,13H,3-4H2,1-2H3,(H,14,15)/p-1. The highest BCUT2D eigenvalue weighted by Gasteiger charge is 2.13. The van der Waals surface area contributed by atoms with Crippen LogP contribution in [0, 0.1) is 13.8 Å². The van der Waals surface area contributed by atoms with Crippen molar-refractivity contribution < 1.29 is 13.5 Å². The molecule has 0 amide bonds. The first-order valence-electron chi connectivity index (χ1n) is 5.38. The number of nitrogens with zero attached hydrogens (tertiary/aromatic N) is 1. The largest absolute Gasteiger partial charge is 0.755 e. The molecule has 1 atom stereocenters. The molecule has 1 aliphatic rings. The second kappa shape index (κ2) is 5.73. The van der Waals surface area contributed by atoms with Crippen molar-refractivity contribution in [3.8, 4) is 5.75 Å². The van der Waals surface area contributed by atoms with Gasteiger partial charge in [-0.1, -0.05) is 11.8 Å². The van der Waals surface area contributed by atoms with Crippen LogP contribution < -0.4 is 9.46 Å². The van der Waals surface area contributed by atoms with Gasteiger partial charge in [0.15, 0.2) is 0 Å². The quantitative estimate of drug-likeness (QED) is 0.862. The van der Waals surface area contributed by atoms with Gasteiger partial charge in [-0.05, 0) is 37.1 Å². The summed E-state index contributed by atoms with van der Waals surface area (Å²) in [5, 5.41) is 0.675. The van der Waals surface area contributed by atoms with E-state index in [-0.39, 0.29) is 0 Å². The number of thioether (sulfide) groups is 1. The van der Waals surface area contributed by atoms with E-state index in [0.717, 1.165) is 29.2 Å². The third kappa shape index (κ3) is 3.24. The fourth-order valence-electron chi connectivity index (χ4n) is 1.73. The van der Waals surface area contributed by atoms with Gasteiger partial charge < -0.3 is 14.0 Å². The molecule has 0 radical (unpaired) electrons. The van der Waals surface area contributed by atoms with Gasteiger partial charge >= 0.3 is 0 Å². The molecular formula is C11H13N2O3S2-. The van der Waals surface area contributed by atoms with E-state index in [2.05, 4.69) is 9.71 Å². The zero-order chi connectivity index (χ0) is 13.1. The Labute approximate surface area is 112 Å². The number of rotatable bonds is 3. The van der Waals surface area contributed by atoms with E-state index in [9.17, 15) is 8.76 Å². The van der Waals surface area contributed by atoms with E-state index in [1.54, 1.807) is 23.9 Å². The van der Waals surface area contributed by atoms with Gasteiger partial charge in [-0.15, -0.1) is 0 Å². The van der Waals surface area contributed by atoms with Crippen molar-refractivity contribution in [3.63, 3.8) is 0 Å². The van der Waals surface area contributed by atoms with Crippen molar-refractivity contribution in [2.75, 3.05) is 17.0 Å². The average Bonchev–Trinajstić information content (AvgIpc) is 2.75. The van der Waals surface area contributed by atoms with Crippen LogP contribution in [0.3, 0.4) is 0 Å². The van der Waals surface area contributed by atoms with Gasteiger partial charge in [0.2, 0.25) is 0 Å². The molecule has 1 heterocycles. The maximum absolute atomic E-state index is 10.6. The van der Waals surface area contributed by atoms with E-state index in [1.807, 2.05) is 13.8 Å². The Kier molecular flexibility index (Phi) is 4.26. The Morgan fingerprint density at radius 2 is 2.11 bits per heavy atom. The van der Waals surface area contributed by atoms with Crippen LogP contribution in [0.15, 0.2) is 17.1 Å². The first-order chi connectivity index (χ1) is 8.56. The average molecular weight is 285 g/mol. The van der Waals surface area contributed by atoms with Crippen LogP contribution in [0.1, 0.15) is 11.1 Å². The summed E-state index contributed by atoms with van der Waals surface area (Å²) in [5.41, 5.74) is 2.28. The topological polar surface area (TPSA) is 73.8 Å². The molecule has 2 rings (SSSR count). The summed E-state index contributed by atoms with van der Waals surface area (Å²) in [6, 6.07) is 3.47. The normalized spacial score (nSPS) is 16.3. The number of aliphatic imine (C=N–C) groups is 1. The SMILES string of the molecule is Cc1cc(NS(=O)[O-])cc(C)c1OC1=NCCS1. The highest BCUT2D eigenvalue weighted by molar-refractivity contribution is 8.13. The fraction of sp³-hybridized carbons (Fsp3) is 0.364. The summed E-state index contributed by atoms with van der Waals surface area (Å²) in [6.45, 7) is 4.54. The number of hydrogen-bond acceptors (Lipinski definition) is 5. The van der Waals surface area contributed by atoms with Crippen LogP contribution in [-0.2, 0) is 11.3 Å². The molecule has 0 saturated heterocycles. The molecule has 1 N–H and O–H groups in total. The molecular weight excluding hydrogens is 272 g/mol. The Morgan fingerprint density at radius 1 is 1.44 bits per heavy atom. The molecule has 1 unspecified atom stereocenters. The van der Waals surface area contributed by atoms with E-state index >= 15 is 0 Å². The van der Waals surface area contributed by atoms with Crippen molar-refractivity contribution in [1.29, 1.82) is 0 Å². The van der Waals surface area contributed by atoms with Crippen LogP contribution in [0.2, 0.25) is 0 Å². The highest BCUT2D eigenvalue weighted by atomic mass is 32.2. The first kappa shape index (κ1) is 13.4. The molecule has 5 nitrogen and oxygen atoms in total. The summed E-state index contributed by atoms with van der Waals surface area (Å²) >= 11 is -0.729. The van der Waals surface area contributed by atoms with E-state index in [0.29, 0.717) is 10.9 Å². The monoisotopic (exact) mass is 285 g/mol. The Balaban J connectivity index is 2.23. The summed E-state index contributed by atoms with van der Waals surface area (Å²) < 4.78 is 29.2. The molecule has 7 heteroatoms. The minimum Gasteiger partial charge on any atom is -0.755 e. The zero-order valence-corrected chi connectivity index (χ0v) is 11.7. The minimum absolute atomic E-state index is 0.534. The lowest BCUT2D eigenvalue weighted by Gasteiger charge is -2.15. The molecule has 98 valence electrons. The smallest absolute Gasteiger partial charge is 0.251 e. The summed E-state index contributed by atoms with van der Waals surface area (Å²) in [7, 11) is 0. The predicted molar refractivity (Wildman–Crippen MR) is 73.8 cm³/mol. The number of nitrogens with one attached hydrogen (secondary N) is 1. The van der Waals surface area contributed by atoms with Gasteiger partial charge in [-0.3, -0.25) is 4.21 Å². The molecule has 18 heavy (non-hydrogen) atoms. The van der Waals surface area contributed by atoms with Gasteiger partial charge in [0, 0.05) is 22.7 Å². The van der Waals surface area contributed by atoms with Gasteiger partial charge in [0.25, 0.3) is 5.23 Å². The first-order valence-corrected chi connectivity index (χ1v) is 7.44. The fourth-order valence-corrected chi connectivity index (χ4v) is 2.72. The molecule has 0 spiro atoms. The van der Waals surface area contributed by atoms with Crippen LogP contribution >= 0.6 is 11.8 Å². The minimum atomic E-state index is -2.31. The van der Waals surface area contributed by atoms with Crippen LogP contribution in [0.25, 0.3) is 0 Å². The maximum Gasteiger partial charge on any atom is 0.251 e. The van der Waals surface area contributed by atoms with Crippen molar-refractivity contribution in [2.45, 2.75) is 13.8 Å². The van der Waals surface area contributed by atoms with Crippen molar-refractivity contribution in [3.05, 3.63) is 23.3 Å². The lowest BCUT2D eigenvalue weighted by Crippen LogP contribution is -2.06. The summed E-state index contributed by atoms with van der Waals surface area (Å²) in [5.74, 6) is 1.69. The third-order valence-electron chi connectivity index (χ3n) is 2.41. The third-order valence-corrected chi connectivity index (χ3v) is 3.66. The molecule has 0 fully saturated rings. The molecule has 0 aromatic heterocycles. The second-order valence-electron chi connectivity index (χ2n) is 3.87. The maximum atomic E-state index is 10.6. The molecule has 1 aromatic rings. The predicted octanol–water partition coefficient (Wildman–Crippen LogP) is 1.99. The molecule has 1 aromatic carbocycles. The lowest BCUT2D eigenvalue weighted by molar-refractivity contribution is 0.542. The number of benzene rings is 1. The van der Waals surface area contributed by atoms with E-state index < -0.39 is 11.3 Å². The molecule has 0 bridgehead atoms. The number of ether oxygens (including phenoxy) is 1. The summed E-state index contributed by atoms with van der Waals surface area (Å²) in [6.07, 6.45) is 0. The summed E-state index contributed by atoms with van der Waals surface area (Å²) in [4.78, 5) is 4.23. The van der Waals surface area contributed by atoms with Gasteiger partial charge in [0.1, 0.15) is 5.75 Å².